The second-order valence-electron chi connectivity index (χ2n) is 5.82. The van der Waals surface area contributed by atoms with Gasteiger partial charge >= 0.3 is 0 Å². The van der Waals surface area contributed by atoms with Crippen molar-refractivity contribution in [3.8, 4) is 0 Å². The number of aromatic nitrogens is 2. The molecule has 0 aliphatic carbocycles. The first-order valence-electron chi connectivity index (χ1n) is 8.49. The summed E-state index contributed by atoms with van der Waals surface area (Å²) < 4.78 is 0. The van der Waals surface area contributed by atoms with Crippen molar-refractivity contribution in [1.29, 1.82) is 0 Å². The Bertz CT molecular complexity index is 694. The van der Waals surface area contributed by atoms with E-state index >= 15 is 0 Å². The van der Waals surface area contributed by atoms with Crippen LogP contribution in [0.5, 0.6) is 0 Å². The van der Waals surface area contributed by atoms with Crippen LogP contribution in [-0.2, 0) is 0 Å². The van der Waals surface area contributed by atoms with E-state index in [0.717, 1.165) is 12.8 Å². The minimum absolute atomic E-state index is 0.233. The number of hydrogen-bond donors (Lipinski definition) is 2. The molecule has 0 saturated heterocycles. The van der Waals surface area contributed by atoms with Crippen LogP contribution in [0.3, 0.4) is 0 Å². The smallest absolute Gasteiger partial charge is 0.272 e. The van der Waals surface area contributed by atoms with Crippen molar-refractivity contribution in [2.24, 2.45) is 0 Å². The minimum atomic E-state index is -0.274. The molecule has 5 nitrogen and oxygen atoms in total. The number of nitrogens with one attached hydrogen (secondary N) is 2. The highest BCUT2D eigenvalue weighted by atomic mass is 16.2. The molecule has 2 aromatic rings. The molecule has 0 radical (unpaired) electrons. The Morgan fingerprint density at radius 1 is 1.04 bits per heavy atom. The van der Waals surface area contributed by atoms with E-state index in [-0.39, 0.29) is 17.2 Å². The van der Waals surface area contributed by atoms with Crippen molar-refractivity contribution in [3.05, 3.63) is 40.3 Å². The molecule has 1 aromatic carbocycles. The Kier molecular flexibility index (Phi) is 6.78. The molecular formula is C18H25N3O2. The van der Waals surface area contributed by atoms with Gasteiger partial charge in [0.05, 0.1) is 5.39 Å². The van der Waals surface area contributed by atoms with Gasteiger partial charge in [-0.25, -0.2) is 5.10 Å². The van der Waals surface area contributed by atoms with E-state index < -0.39 is 0 Å². The molecule has 1 aromatic heterocycles. The molecule has 2 rings (SSSR count). The highest BCUT2D eigenvalue weighted by Crippen LogP contribution is 2.12. The number of aromatic amines is 1. The maximum absolute atomic E-state index is 12.2. The van der Waals surface area contributed by atoms with Crippen LogP contribution in [0.25, 0.3) is 10.8 Å². The highest BCUT2D eigenvalue weighted by molar-refractivity contribution is 6.04. The largest absolute Gasteiger partial charge is 0.351 e. The summed E-state index contributed by atoms with van der Waals surface area (Å²) in [5.74, 6) is -0.233. The van der Waals surface area contributed by atoms with E-state index in [1.165, 1.54) is 32.1 Å². The molecule has 23 heavy (non-hydrogen) atoms. The fourth-order valence-electron chi connectivity index (χ4n) is 2.66. The third-order valence-corrected chi connectivity index (χ3v) is 3.98. The zero-order valence-electron chi connectivity index (χ0n) is 13.7. The van der Waals surface area contributed by atoms with Gasteiger partial charge in [0.15, 0.2) is 5.69 Å². The molecule has 1 heterocycles. The lowest BCUT2D eigenvalue weighted by Crippen LogP contribution is -2.27. The van der Waals surface area contributed by atoms with Gasteiger partial charge in [0.25, 0.3) is 11.5 Å². The van der Waals surface area contributed by atoms with Crippen molar-refractivity contribution >= 4 is 16.7 Å². The summed E-state index contributed by atoms with van der Waals surface area (Å²) in [7, 11) is 0. The lowest BCUT2D eigenvalue weighted by molar-refractivity contribution is 0.0948. The van der Waals surface area contributed by atoms with Crippen LogP contribution in [0.2, 0.25) is 0 Å². The number of amides is 1. The fourth-order valence-corrected chi connectivity index (χ4v) is 2.66. The van der Waals surface area contributed by atoms with E-state index in [4.69, 9.17) is 0 Å². The van der Waals surface area contributed by atoms with Gasteiger partial charge in [-0.1, -0.05) is 63.6 Å². The number of carbonyl (C=O) groups is 1. The molecule has 0 bridgehead atoms. The molecule has 0 spiro atoms. The van der Waals surface area contributed by atoms with E-state index in [1.807, 2.05) is 0 Å². The third-order valence-electron chi connectivity index (χ3n) is 3.98. The standard InChI is InChI=1S/C18H25N3O2/c1-2-3-4-5-6-7-10-13-19-18(23)16-14-11-8-9-12-15(14)17(22)21-20-16/h8-9,11-12H,2-7,10,13H2,1H3,(H,19,23)(H,21,22). The van der Waals surface area contributed by atoms with E-state index in [9.17, 15) is 9.59 Å². The number of fused-ring (bicyclic) bond motifs is 1. The SMILES string of the molecule is CCCCCCCCCNC(=O)c1n[nH]c(=O)c2ccccc12. The molecule has 1 amide bonds. The van der Waals surface area contributed by atoms with Gasteiger partial charge < -0.3 is 5.32 Å². The Morgan fingerprint density at radius 2 is 1.70 bits per heavy atom. The molecule has 0 unspecified atom stereocenters. The van der Waals surface area contributed by atoms with Crippen LogP contribution in [0.15, 0.2) is 29.1 Å². The van der Waals surface area contributed by atoms with Crippen LogP contribution in [0, 0.1) is 0 Å². The first kappa shape index (κ1) is 17.2. The highest BCUT2D eigenvalue weighted by Gasteiger charge is 2.13. The average molecular weight is 315 g/mol. The van der Waals surface area contributed by atoms with Gasteiger partial charge in [0.2, 0.25) is 0 Å². The Labute approximate surface area is 136 Å². The van der Waals surface area contributed by atoms with Gasteiger partial charge in [-0.3, -0.25) is 9.59 Å². The number of carbonyl (C=O) groups excluding carboxylic acids is 1. The van der Waals surface area contributed by atoms with Crippen molar-refractivity contribution in [2.75, 3.05) is 6.54 Å². The monoisotopic (exact) mass is 315 g/mol. The second-order valence-corrected chi connectivity index (χ2v) is 5.82. The van der Waals surface area contributed by atoms with Gasteiger partial charge in [-0.05, 0) is 12.5 Å². The summed E-state index contributed by atoms with van der Waals surface area (Å²) in [5.41, 5.74) is 0.00683. The van der Waals surface area contributed by atoms with Crippen molar-refractivity contribution in [2.45, 2.75) is 51.9 Å². The normalized spacial score (nSPS) is 10.8. The number of benzene rings is 1. The Hall–Kier alpha value is -2.17. The number of H-pyrrole nitrogens is 1. The first-order chi connectivity index (χ1) is 11.2. The summed E-state index contributed by atoms with van der Waals surface area (Å²) in [6.45, 7) is 2.85. The molecular weight excluding hydrogens is 290 g/mol. The van der Waals surface area contributed by atoms with Crippen molar-refractivity contribution < 1.29 is 4.79 Å². The Morgan fingerprint density at radius 3 is 2.43 bits per heavy atom. The third kappa shape index (κ3) is 4.91. The lowest BCUT2D eigenvalue weighted by Gasteiger charge is -2.06. The van der Waals surface area contributed by atoms with E-state index in [0.29, 0.717) is 17.3 Å². The molecule has 0 aliphatic heterocycles. The van der Waals surface area contributed by atoms with Crippen LogP contribution in [0.4, 0.5) is 0 Å². The molecule has 0 fully saturated rings. The summed E-state index contributed by atoms with van der Waals surface area (Å²) in [6, 6.07) is 7.03. The lowest BCUT2D eigenvalue weighted by atomic mass is 10.1. The van der Waals surface area contributed by atoms with Gasteiger partial charge in [0, 0.05) is 11.9 Å². The predicted molar refractivity (Wildman–Crippen MR) is 92.7 cm³/mol. The van der Waals surface area contributed by atoms with Gasteiger partial charge in [-0.15, -0.1) is 0 Å². The first-order valence-corrected chi connectivity index (χ1v) is 8.49. The topological polar surface area (TPSA) is 74.8 Å². The van der Waals surface area contributed by atoms with Crippen LogP contribution >= 0.6 is 0 Å². The van der Waals surface area contributed by atoms with E-state index in [1.54, 1.807) is 24.3 Å². The molecule has 2 N–H and O–H groups in total. The molecule has 0 atom stereocenters. The predicted octanol–water partition coefficient (Wildman–Crippen LogP) is 3.40. The zero-order valence-corrected chi connectivity index (χ0v) is 13.7. The maximum atomic E-state index is 12.2. The summed E-state index contributed by atoms with van der Waals surface area (Å²) in [6.07, 6.45) is 8.46. The van der Waals surface area contributed by atoms with Crippen LogP contribution in [0.1, 0.15) is 62.4 Å². The van der Waals surface area contributed by atoms with E-state index in [2.05, 4.69) is 22.4 Å². The molecule has 0 saturated carbocycles. The summed E-state index contributed by atoms with van der Waals surface area (Å²) in [4.78, 5) is 24.0. The minimum Gasteiger partial charge on any atom is -0.351 e. The Balaban J connectivity index is 1.83. The number of hydrogen-bond acceptors (Lipinski definition) is 3. The summed E-state index contributed by atoms with van der Waals surface area (Å²) in [5, 5.41) is 10.3. The van der Waals surface area contributed by atoms with Gasteiger partial charge in [-0.2, -0.15) is 5.10 Å². The second kappa shape index (κ2) is 9.08. The number of unbranched alkanes of at least 4 members (excludes halogenated alkanes) is 6. The molecule has 0 aliphatic rings. The fraction of sp³-hybridized carbons (Fsp3) is 0.500. The zero-order chi connectivity index (χ0) is 16.5. The van der Waals surface area contributed by atoms with Crippen molar-refractivity contribution in [3.63, 3.8) is 0 Å². The quantitative estimate of drug-likeness (QED) is 0.696. The number of rotatable bonds is 9. The van der Waals surface area contributed by atoms with Crippen molar-refractivity contribution in [1.82, 2.24) is 15.5 Å². The van der Waals surface area contributed by atoms with Gasteiger partial charge in [0.1, 0.15) is 0 Å². The maximum Gasteiger partial charge on any atom is 0.272 e. The average Bonchev–Trinajstić information content (AvgIpc) is 2.57. The molecule has 5 heteroatoms. The molecule has 124 valence electrons. The summed E-state index contributed by atoms with van der Waals surface area (Å²) >= 11 is 0. The number of nitrogens with zero attached hydrogens (tertiary/aromatic N) is 1. The van der Waals surface area contributed by atoms with Crippen LogP contribution < -0.4 is 10.9 Å². The van der Waals surface area contributed by atoms with Crippen LogP contribution in [-0.4, -0.2) is 22.6 Å².